The first-order chi connectivity index (χ1) is 7.36. The number of fused-ring (bicyclic) bond motifs is 1. The van der Waals surface area contributed by atoms with Gasteiger partial charge in [-0.15, -0.1) is 13.2 Å². The fourth-order valence-electron chi connectivity index (χ4n) is 2.50. The molecule has 0 aromatic carbocycles. The Hall–Kier alpha value is -0.860. The van der Waals surface area contributed by atoms with Crippen LogP contribution in [0.1, 0.15) is 6.42 Å². The summed E-state index contributed by atoms with van der Waals surface area (Å²) in [5.41, 5.74) is 0. The van der Waals surface area contributed by atoms with Crippen molar-refractivity contribution < 1.29 is 9.47 Å². The molecule has 0 radical (unpaired) electrons. The second-order valence-electron chi connectivity index (χ2n) is 4.11. The molecule has 0 aromatic rings. The fraction of sp³-hybridized carbons (Fsp3) is 0.538. The second kappa shape index (κ2) is 4.77. The lowest BCUT2D eigenvalue weighted by Gasteiger charge is -2.27. The van der Waals surface area contributed by atoms with Crippen molar-refractivity contribution >= 4 is 0 Å². The van der Waals surface area contributed by atoms with Crippen LogP contribution in [0.5, 0.6) is 0 Å². The van der Waals surface area contributed by atoms with Crippen molar-refractivity contribution in [2.45, 2.75) is 18.6 Å². The summed E-state index contributed by atoms with van der Waals surface area (Å²) in [6.07, 6.45) is 9.56. The van der Waals surface area contributed by atoms with Gasteiger partial charge in [-0.1, -0.05) is 24.3 Å². The summed E-state index contributed by atoms with van der Waals surface area (Å²) in [7, 11) is 0. The molecule has 4 atom stereocenters. The zero-order chi connectivity index (χ0) is 10.7. The molecule has 2 rings (SSSR count). The predicted molar refractivity (Wildman–Crippen MR) is 60.6 cm³/mol. The highest BCUT2D eigenvalue weighted by molar-refractivity contribution is 5.09. The number of rotatable bonds is 4. The molecule has 1 heterocycles. The van der Waals surface area contributed by atoms with Crippen LogP contribution in [-0.2, 0) is 9.47 Å². The Kier molecular flexibility index (Phi) is 3.39. The molecule has 0 aromatic heterocycles. The van der Waals surface area contributed by atoms with E-state index in [1.54, 1.807) is 6.08 Å². The Morgan fingerprint density at radius 1 is 1.47 bits per heavy atom. The minimum absolute atomic E-state index is 0.149. The van der Waals surface area contributed by atoms with Crippen LogP contribution in [0.2, 0.25) is 0 Å². The molecular weight excluding hydrogens is 188 g/mol. The van der Waals surface area contributed by atoms with Gasteiger partial charge in [0, 0.05) is 11.8 Å². The maximum atomic E-state index is 5.78. The summed E-state index contributed by atoms with van der Waals surface area (Å²) in [6.45, 7) is 8.84. The molecule has 1 fully saturated rings. The summed E-state index contributed by atoms with van der Waals surface area (Å²) in [5.74, 6) is 0.902. The molecule has 0 amide bonds. The zero-order valence-corrected chi connectivity index (χ0v) is 8.97. The van der Waals surface area contributed by atoms with Crippen LogP contribution in [0, 0.1) is 11.8 Å². The second-order valence-corrected chi connectivity index (χ2v) is 4.11. The van der Waals surface area contributed by atoms with Crippen LogP contribution < -0.4 is 0 Å². The highest BCUT2D eigenvalue weighted by Crippen LogP contribution is 2.38. The van der Waals surface area contributed by atoms with Gasteiger partial charge in [0.25, 0.3) is 0 Å². The molecular formula is C13H18O2. The quantitative estimate of drug-likeness (QED) is 0.657. The van der Waals surface area contributed by atoms with Crippen molar-refractivity contribution in [2.75, 3.05) is 13.2 Å². The summed E-state index contributed by atoms with van der Waals surface area (Å²) in [5, 5.41) is 0. The van der Waals surface area contributed by atoms with E-state index in [0.29, 0.717) is 25.0 Å². The van der Waals surface area contributed by atoms with Gasteiger partial charge >= 0.3 is 0 Å². The fourth-order valence-corrected chi connectivity index (χ4v) is 2.50. The first-order valence-electron chi connectivity index (χ1n) is 5.50. The Bertz CT molecular complexity index is 270. The molecule has 1 saturated carbocycles. The van der Waals surface area contributed by atoms with Crippen molar-refractivity contribution in [3.8, 4) is 0 Å². The van der Waals surface area contributed by atoms with Gasteiger partial charge in [0.05, 0.1) is 25.4 Å². The van der Waals surface area contributed by atoms with Crippen molar-refractivity contribution in [3.05, 3.63) is 37.5 Å². The Balaban J connectivity index is 2.07. The first-order valence-corrected chi connectivity index (χ1v) is 5.50. The molecule has 2 nitrogen and oxygen atoms in total. The SMILES string of the molecule is C=CCO[C@@H]1[C@@H]2OCC=C[C@@H]2C[C@@H]1C=C. The average Bonchev–Trinajstić information content (AvgIpc) is 2.64. The van der Waals surface area contributed by atoms with Gasteiger partial charge in [0.15, 0.2) is 0 Å². The van der Waals surface area contributed by atoms with Crippen LogP contribution >= 0.6 is 0 Å². The summed E-state index contributed by atoms with van der Waals surface area (Å²) < 4.78 is 11.5. The molecule has 0 saturated heterocycles. The normalized spacial score (nSPS) is 38.7. The van der Waals surface area contributed by atoms with Crippen LogP contribution in [0.25, 0.3) is 0 Å². The monoisotopic (exact) mass is 206 g/mol. The van der Waals surface area contributed by atoms with E-state index in [1.165, 1.54) is 0 Å². The standard InChI is InChI=1S/C13H18O2/c1-3-7-14-12-10(4-2)9-11-6-5-8-15-13(11)12/h3-6,10-13H,1-2,7-9H2/t10-,11+,12-,13+/m0/s1. The molecule has 0 N–H and O–H groups in total. The van der Waals surface area contributed by atoms with E-state index < -0.39 is 0 Å². The highest BCUT2D eigenvalue weighted by Gasteiger charge is 2.43. The molecule has 1 aliphatic heterocycles. The van der Waals surface area contributed by atoms with E-state index in [-0.39, 0.29) is 12.2 Å². The lowest BCUT2D eigenvalue weighted by atomic mass is 10.0. The molecule has 82 valence electrons. The van der Waals surface area contributed by atoms with Gasteiger partial charge in [-0.05, 0) is 6.42 Å². The summed E-state index contributed by atoms with van der Waals surface area (Å²) >= 11 is 0. The maximum absolute atomic E-state index is 5.78. The molecule has 15 heavy (non-hydrogen) atoms. The van der Waals surface area contributed by atoms with E-state index in [0.717, 1.165) is 6.42 Å². The van der Waals surface area contributed by atoms with E-state index in [9.17, 15) is 0 Å². The Morgan fingerprint density at radius 2 is 2.33 bits per heavy atom. The largest absolute Gasteiger partial charge is 0.371 e. The topological polar surface area (TPSA) is 18.5 Å². The summed E-state index contributed by atoms with van der Waals surface area (Å²) in [4.78, 5) is 0. The minimum Gasteiger partial charge on any atom is -0.371 e. The van der Waals surface area contributed by atoms with Gasteiger partial charge in [0.2, 0.25) is 0 Å². The summed E-state index contributed by atoms with van der Waals surface area (Å²) in [6, 6.07) is 0. The van der Waals surface area contributed by atoms with Gasteiger partial charge in [0.1, 0.15) is 0 Å². The molecule has 2 heteroatoms. The molecule has 2 aliphatic rings. The van der Waals surface area contributed by atoms with Crippen LogP contribution in [0.3, 0.4) is 0 Å². The van der Waals surface area contributed by atoms with Gasteiger partial charge in [-0.2, -0.15) is 0 Å². The van der Waals surface area contributed by atoms with Gasteiger partial charge < -0.3 is 9.47 Å². The number of hydrogen-bond acceptors (Lipinski definition) is 2. The van der Waals surface area contributed by atoms with Gasteiger partial charge in [-0.3, -0.25) is 0 Å². The van der Waals surface area contributed by atoms with E-state index in [4.69, 9.17) is 9.47 Å². The van der Waals surface area contributed by atoms with Crippen LogP contribution in [-0.4, -0.2) is 25.4 Å². The van der Waals surface area contributed by atoms with Crippen molar-refractivity contribution in [1.29, 1.82) is 0 Å². The van der Waals surface area contributed by atoms with Crippen molar-refractivity contribution in [2.24, 2.45) is 11.8 Å². The van der Waals surface area contributed by atoms with Crippen molar-refractivity contribution in [3.63, 3.8) is 0 Å². The minimum atomic E-state index is 0.149. The average molecular weight is 206 g/mol. The Labute approximate surface area is 91.3 Å². The smallest absolute Gasteiger partial charge is 0.0909 e. The van der Waals surface area contributed by atoms with Crippen LogP contribution in [0.15, 0.2) is 37.5 Å². The van der Waals surface area contributed by atoms with Crippen molar-refractivity contribution in [1.82, 2.24) is 0 Å². The Morgan fingerprint density at radius 3 is 3.07 bits per heavy atom. The number of ether oxygens (including phenoxy) is 2. The molecule has 1 aliphatic carbocycles. The van der Waals surface area contributed by atoms with Gasteiger partial charge in [-0.25, -0.2) is 0 Å². The third-order valence-corrected chi connectivity index (χ3v) is 3.19. The molecule has 0 bridgehead atoms. The maximum Gasteiger partial charge on any atom is 0.0909 e. The highest BCUT2D eigenvalue weighted by atomic mass is 16.5. The number of hydrogen-bond donors (Lipinski definition) is 0. The van der Waals surface area contributed by atoms with Crippen LogP contribution in [0.4, 0.5) is 0 Å². The lowest BCUT2D eigenvalue weighted by molar-refractivity contribution is -0.0632. The predicted octanol–water partition coefficient (Wildman–Crippen LogP) is 2.33. The van der Waals surface area contributed by atoms with E-state index >= 15 is 0 Å². The van der Waals surface area contributed by atoms with E-state index in [2.05, 4.69) is 25.3 Å². The third-order valence-electron chi connectivity index (χ3n) is 3.19. The van der Waals surface area contributed by atoms with E-state index in [1.807, 2.05) is 6.08 Å². The lowest BCUT2D eigenvalue weighted by Crippen LogP contribution is -2.34. The first kappa shape index (κ1) is 10.7. The third kappa shape index (κ3) is 2.06. The molecule has 0 unspecified atom stereocenters. The zero-order valence-electron chi connectivity index (χ0n) is 8.97. The molecule has 0 spiro atoms.